The third-order valence-electron chi connectivity index (χ3n) is 3.33. The number of anilines is 1. The first kappa shape index (κ1) is 15.6. The molecule has 0 saturated heterocycles. The van der Waals surface area contributed by atoms with Gasteiger partial charge >= 0.3 is 0 Å². The number of aliphatic hydroxyl groups excluding tert-OH is 1. The van der Waals surface area contributed by atoms with E-state index in [1.54, 1.807) is 24.3 Å². The van der Waals surface area contributed by atoms with Gasteiger partial charge in [0.15, 0.2) is 5.84 Å². The molecular weight excluding hydrogens is 308 g/mol. The third-order valence-corrected chi connectivity index (χ3v) is 3.33. The Morgan fingerprint density at radius 1 is 0.958 bits per heavy atom. The molecule has 6 N–H and O–H groups in total. The Morgan fingerprint density at radius 2 is 1.54 bits per heavy atom. The van der Waals surface area contributed by atoms with E-state index >= 15 is 0 Å². The van der Waals surface area contributed by atoms with Gasteiger partial charge in [-0.2, -0.15) is 0 Å². The highest BCUT2D eigenvalue weighted by Gasteiger charge is 2.19. The maximum atomic E-state index is 9.89. The number of aromatic hydroxyl groups is 2. The second-order valence-electron chi connectivity index (χ2n) is 5.19. The van der Waals surface area contributed by atoms with Crippen LogP contribution in [0.2, 0.25) is 0 Å². The number of phenolic OH excluding ortho intramolecular Hbond substituents is 2. The fourth-order valence-corrected chi connectivity index (χ4v) is 2.10. The number of hydrogen-bond donors (Lipinski definition) is 5. The van der Waals surface area contributed by atoms with Crippen LogP contribution in [-0.2, 0) is 0 Å². The van der Waals surface area contributed by atoms with Gasteiger partial charge in [0.1, 0.15) is 23.4 Å². The summed E-state index contributed by atoms with van der Waals surface area (Å²) in [5.41, 5.74) is 7.45. The number of nitrogens with two attached hydrogens (primary N) is 1. The summed E-state index contributed by atoms with van der Waals surface area (Å²) in [5.74, 6) is 0.637. The van der Waals surface area contributed by atoms with Gasteiger partial charge in [-0.05, 0) is 54.6 Å². The van der Waals surface area contributed by atoms with Gasteiger partial charge < -0.3 is 26.4 Å². The summed E-state index contributed by atoms with van der Waals surface area (Å²) in [4.78, 5) is 8.51. The van der Waals surface area contributed by atoms with E-state index in [0.717, 1.165) is 0 Å². The van der Waals surface area contributed by atoms with Crippen LogP contribution in [0.5, 0.6) is 11.5 Å². The Kier molecular flexibility index (Phi) is 4.17. The van der Waals surface area contributed by atoms with Crippen molar-refractivity contribution in [3.8, 4) is 11.5 Å². The molecule has 1 heterocycles. The zero-order valence-electron chi connectivity index (χ0n) is 12.6. The smallest absolute Gasteiger partial charge is 0.178 e. The van der Waals surface area contributed by atoms with Crippen molar-refractivity contribution >= 4 is 23.0 Å². The van der Waals surface area contributed by atoms with E-state index in [-0.39, 0.29) is 17.3 Å². The fraction of sp³-hybridized carbons (Fsp3) is 0.0588. The molecule has 0 aliphatic carbocycles. The summed E-state index contributed by atoms with van der Waals surface area (Å²) in [6, 6.07) is 12.7. The Balaban J connectivity index is 1.93. The number of rotatable bonds is 3. The van der Waals surface area contributed by atoms with Gasteiger partial charge in [0.2, 0.25) is 0 Å². The molecule has 3 rings (SSSR count). The molecule has 0 radical (unpaired) electrons. The van der Waals surface area contributed by atoms with E-state index < -0.39 is 6.10 Å². The topological polar surface area (TPSA) is 123 Å². The van der Waals surface area contributed by atoms with Gasteiger partial charge in [-0.1, -0.05) is 0 Å². The van der Waals surface area contributed by atoms with Gasteiger partial charge in [0.05, 0.1) is 11.4 Å². The molecule has 2 aromatic carbocycles. The number of aliphatic imine (C=N–C) groups is 2. The lowest BCUT2D eigenvalue weighted by Crippen LogP contribution is -2.33. The lowest BCUT2D eigenvalue weighted by atomic mass is 10.2. The molecule has 2 aromatic rings. The van der Waals surface area contributed by atoms with Gasteiger partial charge in [-0.25, -0.2) is 9.98 Å². The van der Waals surface area contributed by atoms with E-state index in [4.69, 9.17) is 5.73 Å². The molecule has 0 aromatic heterocycles. The molecule has 0 bridgehead atoms. The van der Waals surface area contributed by atoms with Crippen LogP contribution in [0.4, 0.5) is 11.4 Å². The summed E-state index contributed by atoms with van der Waals surface area (Å²) < 4.78 is 0. The van der Waals surface area contributed by atoms with Crippen LogP contribution in [0, 0.1) is 0 Å². The predicted molar refractivity (Wildman–Crippen MR) is 92.6 cm³/mol. The summed E-state index contributed by atoms with van der Waals surface area (Å²) in [7, 11) is 0. The molecule has 7 heteroatoms. The van der Waals surface area contributed by atoms with Gasteiger partial charge in [0.25, 0.3) is 0 Å². The van der Waals surface area contributed by atoms with Crippen molar-refractivity contribution in [1.82, 2.24) is 0 Å². The fourth-order valence-electron chi connectivity index (χ4n) is 2.10. The lowest BCUT2D eigenvalue weighted by molar-refractivity contribution is 0.286. The number of hydrogen-bond acceptors (Lipinski definition) is 6. The highest BCUT2D eigenvalue weighted by Crippen LogP contribution is 2.22. The van der Waals surface area contributed by atoms with Crippen molar-refractivity contribution in [2.45, 2.75) is 6.10 Å². The van der Waals surface area contributed by atoms with Crippen LogP contribution in [-0.4, -0.2) is 33.1 Å². The largest absolute Gasteiger partial charge is 0.508 e. The van der Waals surface area contributed by atoms with E-state index in [2.05, 4.69) is 15.3 Å². The summed E-state index contributed by atoms with van der Waals surface area (Å²) in [6.45, 7) is 0. The Bertz CT molecular complexity index is 824. The molecule has 1 unspecified atom stereocenters. The molecule has 7 nitrogen and oxygen atoms in total. The summed E-state index contributed by atoms with van der Waals surface area (Å²) in [6.07, 6.45) is 0.498. The van der Waals surface area contributed by atoms with Gasteiger partial charge in [-0.3, -0.25) is 0 Å². The number of aliphatic hydroxyl groups is 1. The molecule has 24 heavy (non-hydrogen) atoms. The van der Waals surface area contributed by atoms with E-state index in [9.17, 15) is 15.3 Å². The number of dihydropyridines is 1. The Labute approximate surface area is 138 Å². The second-order valence-corrected chi connectivity index (χ2v) is 5.19. The van der Waals surface area contributed by atoms with Crippen LogP contribution < -0.4 is 11.1 Å². The number of benzene rings is 2. The second kappa shape index (κ2) is 6.43. The van der Waals surface area contributed by atoms with E-state index in [1.807, 2.05) is 0 Å². The van der Waals surface area contributed by atoms with Crippen molar-refractivity contribution in [3.05, 3.63) is 60.3 Å². The lowest BCUT2D eigenvalue weighted by Gasteiger charge is -2.18. The minimum Gasteiger partial charge on any atom is -0.508 e. The first-order valence-electron chi connectivity index (χ1n) is 7.19. The zero-order chi connectivity index (χ0) is 17.1. The number of nitrogens with one attached hydrogen (secondary N) is 1. The van der Waals surface area contributed by atoms with Gasteiger partial charge in [0, 0.05) is 5.69 Å². The standard InChI is InChI=1S/C17H16N4O3/c18-16-15(24)9-14(19-10-1-5-12(22)6-2-10)17(21-16)20-11-3-7-13(23)8-4-11/h1-9,15,19,22-24H,(H2,18,20,21). The highest BCUT2D eigenvalue weighted by molar-refractivity contribution is 6.12. The summed E-state index contributed by atoms with van der Waals surface area (Å²) in [5, 5.41) is 31.7. The Morgan fingerprint density at radius 3 is 2.17 bits per heavy atom. The highest BCUT2D eigenvalue weighted by atomic mass is 16.3. The average Bonchev–Trinajstić information content (AvgIpc) is 2.56. The van der Waals surface area contributed by atoms with Crippen LogP contribution in [0.15, 0.2) is 70.3 Å². The zero-order valence-corrected chi connectivity index (χ0v) is 12.6. The molecule has 122 valence electrons. The minimum atomic E-state index is -1.01. The van der Waals surface area contributed by atoms with Crippen molar-refractivity contribution in [3.63, 3.8) is 0 Å². The molecule has 0 saturated carbocycles. The van der Waals surface area contributed by atoms with Crippen molar-refractivity contribution < 1.29 is 15.3 Å². The van der Waals surface area contributed by atoms with Crippen molar-refractivity contribution in [2.75, 3.05) is 5.32 Å². The van der Waals surface area contributed by atoms with Crippen molar-refractivity contribution in [2.24, 2.45) is 15.7 Å². The predicted octanol–water partition coefficient (Wildman–Crippen LogP) is 1.86. The monoisotopic (exact) mass is 324 g/mol. The van der Waals surface area contributed by atoms with Crippen LogP contribution in [0.25, 0.3) is 0 Å². The molecule has 0 spiro atoms. The first-order valence-corrected chi connectivity index (χ1v) is 7.19. The average molecular weight is 324 g/mol. The first-order chi connectivity index (χ1) is 11.5. The third kappa shape index (κ3) is 3.53. The molecule has 0 amide bonds. The van der Waals surface area contributed by atoms with E-state index in [1.165, 1.54) is 30.3 Å². The van der Waals surface area contributed by atoms with E-state index in [0.29, 0.717) is 22.9 Å². The molecule has 1 aliphatic heterocycles. The SMILES string of the molecule is NC1=NC(=Nc2ccc(O)cc2)C(Nc2ccc(O)cc2)=CC1O. The maximum absolute atomic E-state index is 9.89. The number of nitrogens with zero attached hydrogens (tertiary/aromatic N) is 2. The van der Waals surface area contributed by atoms with Crippen LogP contribution in [0.1, 0.15) is 0 Å². The Hall–Kier alpha value is -3.32. The molecular formula is C17H16N4O3. The number of amidine groups is 2. The quantitative estimate of drug-likeness (QED) is 0.551. The normalized spacial score (nSPS) is 18.9. The minimum absolute atomic E-state index is 0.0452. The maximum Gasteiger partial charge on any atom is 0.178 e. The molecule has 1 aliphatic rings. The van der Waals surface area contributed by atoms with Crippen molar-refractivity contribution in [1.29, 1.82) is 0 Å². The molecule has 0 fully saturated rings. The van der Waals surface area contributed by atoms with Crippen LogP contribution >= 0.6 is 0 Å². The van der Waals surface area contributed by atoms with Gasteiger partial charge in [-0.15, -0.1) is 0 Å². The molecule has 1 atom stereocenters. The van der Waals surface area contributed by atoms with Crippen LogP contribution in [0.3, 0.4) is 0 Å². The summed E-state index contributed by atoms with van der Waals surface area (Å²) >= 11 is 0. The number of phenols is 2.